The lowest BCUT2D eigenvalue weighted by Gasteiger charge is -2.30. The van der Waals surface area contributed by atoms with Crippen molar-refractivity contribution in [2.75, 3.05) is 18.8 Å². The number of sulfone groups is 1. The van der Waals surface area contributed by atoms with Gasteiger partial charge in [0.1, 0.15) is 6.61 Å². The van der Waals surface area contributed by atoms with E-state index in [4.69, 9.17) is 4.74 Å². The zero-order chi connectivity index (χ0) is 20.7. The first kappa shape index (κ1) is 20.6. The summed E-state index contributed by atoms with van der Waals surface area (Å²) in [5, 5.41) is 0.905. The van der Waals surface area contributed by atoms with E-state index in [0.29, 0.717) is 16.7 Å². The molecule has 0 aromatic heterocycles. The monoisotopic (exact) mass is 421 g/mol. The van der Waals surface area contributed by atoms with Gasteiger partial charge in [-0.15, -0.1) is 5.06 Å². The molecule has 2 aliphatic rings. The van der Waals surface area contributed by atoms with E-state index in [2.05, 4.69) is 4.84 Å². The van der Waals surface area contributed by atoms with E-state index in [-0.39, 0.29) is 49.1 Å². The molecule has 0 spiro atoms. The molecule has 0 saturated carbocycles. The van der Waals surface area contributed by atoms with Crippen LogP contribution < -0.4 is 0 Å². The highest BCUT2D eigenvalue weighted by Gasteiger charge is 2.43. The second kappa shape index (κ2) is 7.36. The molecule has 2 aliphatic heterocycles. The number of ether oxygens (including phenoxy) is 1. The second-order valence-electron chi connectivity index (χ2n) is 6.82. The molecule has 1 fully saturated rings. The molecular weight excluding hydrogens is 403 g/mol. The fraction of sp³-hybridized carbons (Fsp3) is 0.529. The normalized spacial score (nSPS) is 18.6. The minimum absolute atomic E-state index is 0.0213. The van der Waals surface area contributed by atoms with Crippen LogP contribution >= 0.6 is 0 Å². The van der Waals surface area contributed by atoms with E-state index in [9.17, 15) is 31.2 Å². The van der Waals surface area contributed by atoms with Gasteiger partial charge in [0, 0.05) is 18.7 Å². The molecule has 0 atom stereocenters. The molecule has 11 heteroatoms. The van der Waals surface area contributed by atoms with Crippen molar-refractivity contribution in [1.29, 1.82) is 0 Å². The molecular formula is C17H18F3NO6S. The number of benzene rings is 1. The van der Waals surface area contributed by atoms with Crippen molar-refractivity contribution < 1.29 is 40.8 Å². The SMILES string of the molecule is Cc1c(S(=O)(=O)CC2CCN(OC(=O)C(F)(F)F)CC2)ccc2c1COC2=O. The molecule has 3 rings (SSSR count). The zero-order valence-electron chi connectivity index (χ0n) is 14.9. The molecule has 0 unspecified atom stereocenters. The maximum Gasteiger partial charge on any atom is 0.492 e. The minimum atomic E-state index is -5.07. The first-order valence-corrected chi connectivity index (χ1v) is 10.2. The molecule has 154 valence electrons. The Labute approximate surface area is 159 Å². The van der Waals surface area contributed by atoms with Gasteiger partial charge < -0.3 is 9.57 Å². The van der Waals surface area contributed by atoms with Gasteiger partial charge in [0.25, 0.3) is 0 Å². The third-order valence-corrected chi connectivity index (χ3v) is 6.95. The van der Waals surface area contributed by atoms with Crippen LogP contribution in [-0.2, 0) is 30.8 Å². The number of rotatable bonds is 4. The smallest absolute Gasteiger partial charge is 0.457 e. The molecule has 7 nitrogen and oxygen atoms in total. The fourth-order valence-corrected chi connectivity index (χ4v) is 5.40. The van der Waals surface area contributed by atoms with Crippen LogP contribution in [-0.4, -0.2) is 50.4 Å². The fourth-order valence-electron chi connectivity index (χ4n) is 3.40. The topological polar surface area (TPSA) is 90.0 Å². The Morgan fingerprint density at radius 3 is 2.54 bits per heavy atom. The first-order chi connectivity index (χ1) is 13.0. The number of hydrogen-bond donors (Lipinski definition) is 0. The average molecular weight is 421 g/mol. The lowest BCUT2D eigenvalue weighted by molar-refractivity contribution is -0.242. The highest BCUT2D eigenvalue weighted by molar-refractivity contribution is 7.91. The Morgan fingerprint density at radius 2 is 1.93 bits per heavy atom. The van der Waals surface area contributed by atoms with Gasteiger partial charge in [-0.3, -0.25) is 0 Å². The lowest BCUT2D eigenvalue weighted by atomic mass is 10.0. The van der Waals surface area contributed by atoms with Gasteiger partial charge in [-0.25, -0.2) is 18.0 Å². The van der Waals surface area contributed by atoms with Gasteiger partial charge in [-0.05, 0) is 43.4 Å². The number of esters is 1. The van der Waals surface area contributed by atoms with Crippen LogP contribution in [0.3, 0.4) is 0 Å². The molecule has 0 aliphatic carbocycles. The van der Waals surface area contributed by atoms with Crippen molar-refractivity contribution in [3.05, 3.63) is 28.8 Å². The average Bonchev–Trinajstić information content (AvgIpc) is 2.98. The second-order valence-corrected chi connectivity index (χ2v) is 8.82. The summed E-state index contributed by atoms with van der Waals surface area (Å²) in [5.74, 6) is -3.23. The highest BCUT2D eigenvalue weighted by atomic mass is 32.2. The van der Waals surface area contributed by atoms with Gasteiger partial charge >= 0.3 is 18.1 Å². The van der Waals surface area contributed by atoms with Gasteiger partial charge in [-0.1, -0.05) is 0 Å². The number of alkyl halides is 3. The first-order valence-electron chi connectivity index (χ1n) is 8.55. The van der Waals surface area contributed by atoms with Crippen molar-refractivity contribution in [2.45, 2.75) is 37.4 Å². The number of fused-ring (bicyclic) bond motifs is 1. The standard InChI is InChI=1S/C17H18F3NO6S/c1-10-13-8-26-15(22)12(13)2-3-14(10)28(24,25)9-11-4-6-21(7-5-11)27-16(23)17(18,19)20/h2-3,11H,4-9H2,1H3. The predicted octanol–water partition coefficient (Wildman–Crippen LogP) is 2.17. The van der Waals surface area contributed by atoms with Crippen LogP contribution in [0, 0.1) is 12.8 Å². The molecule has 1 aromatic carbocycles. The van der Waals surface area contributed by atoms with E-state index < -0.39 is 28.0 Å². The minimum Gasteiger partial charge on any atom is -0.457 e. The molecule has 0 N–H and O–H groups in total. The number of cyclic esters (lactones) is 1. The number of carbonyl (C=O) groups is 2. The van der Waals surface area contributed by atoms with Crippen LogP contribution in [0.4, 0.5) is 13.2 Å². The summed E-state index contributed by atoms with van der Waals surface area (Å²) >= 11 is 0. The highest BCUT2D eigenvalue weighted by Crippen LogP contribution is 2.31. The van der Waals surface area contributed by atoms with Crippen molar-refractivity contribution in [2.24, 2.45) is 5.92 Å². The van der Waals surface area contributed by atoms with Crippen molar-refractivity contribution in [3.8, 4) is 0 Å². The number of piperidine rings is 1. The third kappa shape index (κ3) is 4.14. The summed E-state index contributed by atoms with van der Waals surface area (Å²) in [6.07, 6.45) is -4.53. The number of nitrogens with zero attached hydrogens (tertiary/aromatic N) is 1. The number of halogens is 3. The molecule has 2 heterocycles. The lowest BCUT2D eigenvalue weighted by Crippen LogP contribution is -2.40. The molecule has 1 aromatic rings. The van der Waals surface area contributed by atoms with Crippen molar-refractivity contribution in [3.63, 3.8) is 0 Å². The number of hydrogen-bond acceptors (Lipinski definition) is 7. The summed E-state index contributed by atoms with van der Waals surface area (Å²) in [7, 11) is -3.67. The maximum absolute atomic E-state index is 12.8. The van der Waals surface area contributed by atoms with Gasteiger partial charge in [0.2, 0.25) is 0 Å². The number of hydroxylamine groups is 2. The van der Waals surface area contributed by atoms with E-state index in [1.807, 2.05) is 0 Å². The van der Waals surface area contributed by atoms with Crippen LogP contribution in [0.5, 0.6) is 0 Å². The van der Waals surface area contributed by atoms with Crippen LogP contribution in [0.25, 0.3) is 0 Å². The molecule has 0 radical (unpaired) electrons. The van der Waals surface area contributed by atoms with Gasteiger partial charge in [-0.2, -0.15) is 13.2 Å². The molecule has 28 heavy (non-hydrogen) atoms. The van der Waals surface area contributed by atoms with Gasteiger partial charge in [0.05, 0.1) is 16.2 Å². The van der Waals surface area contributed by atoms with Crippen LogP contribution in [0.15, 0.2) is 17.0 Å². The molecule has 1 saturated heterocycles. The van der Waals surface area contributed by atoms with Crippen LogP contribution in [0.2, 0.25) is 0 Å². The van der Waals surface area contributed by atoms with Crippen LogP contribution in [0.1, 0.15) is 34.3 Å². The zero-order valence-corrected chi connectivity index (χ0v) is 15.7. The van der Waals surface area contributed by atoms with E-state index in [0.717, 1.165) is 5.06 Å². The van der Waals surface area contributed by atoms with Gasteiger partial charge in [0.15, 0.2) is 9.84 Å². The Hall–Kier alpha value is -2.14. The largest absolute Gasteiger partial charge is 0.492 e. The molecule has 0 amide bonds. The maximum atomic E-state index is 12.8. The van der Waals surface area contributed by atoms with E-state index in [1.165, 1.54) is 12.1 Å². The third-order valence-electron chi connectivity index (χ3n) is 4.92. The quantitative estimate of drug-likeness (QED) is 0.689. The summed E-state index contributed by atoms with van der Waals surface area (Å²) in [6, 6.07) is 2.82. The van der Waals surface area contributed by atoms with E-state index >= 15 is 0 Å². The summed E-state index contributed by atoms with van der Waals surface area (Å²) in [6.45, 7) is 1.69. The van der Waals surface area contributed by atoms with Crippen molar-refractivity contribution >= 4 is 21.8 Å². The summed E-state index contributed by atoms with van der Waals surface area (Å²) < 4.78 is 67.3. The Bertz CT molecular complexity index is 904. The Morgan fingerprint density at radius 1 is 1.29 bits per heavy atom. The summed E-state index contributed by atoms with van der Waals surface area (Å²) in [5.41, 5.74) is 1.39. The Balaban J connectivity index is 1.64. The van der Waals surface area contributed by atoms with E-state index in [1.54, 1.807) is 6.92 Å². The molecule has 0 bridgehead atoms. The summed E-state index contributed by atoms with van der Waals surface area (Å²) in [4.78, 5) is 26.8. The van der Waals surface area contributed by atoms with Crippen molar-refractivity contribution in [1.82, 2.24) is 5.06 Å². The Kier molecular flexibility index (Phi) is 5.41. The number of carbonyl (C=O) groups excluding carboxylic acids is 2. The predicted molar refractivity (Wildman–Crippen MR) is 88.8 cm³/mol.